The Balaban J connectivity index is 1.95. The molecule has 0 spiro atoms. The Morgan fingerprint density at radius 3 is 2.81 bits per heavy atom. The molecule has 0 aliphatic carbocycles. The number of anilines is 2. The minimum Gasteiger partial charge on any atom is -0.321 e. The van der Waals surface area contributed by atoms with Crippen molar-refractivity contribution in [3.63, 3.8) is 0 Å². The van der Waals surface area contributed by atoms with Gasteiger partial charge >= 0.3 is 0 Å². The van der Waals surface area contributed by atoms with Gasteiger partial charge in [0.25, 0.3) is 5.95 Å². The molecular weight excluding hydrogens is 363 g/mol. The van der Waals surface area contributed by atoms with Gasteiger partial charge in [-0.3, -0.25) is 0 Å². The molecule has 0 amide bonds. The summed E-state index contributed by atoms with van der Waals surface area (Å²) >= 11 is 9.04. The van der Waals surface area contributed by atoms with Gasteiger partial charge in [-0.2, -0.15) is 20.1 Å². The molecule has 1 aromatic carbocycles. The molecule has 3 aromatic rings. The molecule has 0 aliphatic rings. The molecule has 0 aliphatic heterocycles. The smallest absolute Gasteiger partial charge is 0.256 e. The lowest BCUT2D eigenvalue weighted by Crippen LogP contribution is -2.07. The van der Waals surface area contributed by atoms with Crippen LogP contribution in [0.15, 0.2) is 41.1 Å². The Kier molecular flexibility index (Phi) is 3.80. The first-order valence-corrected chi connectivity index (χ1v) is 6.92. The van der Waals surface area contributed by atoms with Gasteiger partial charge in [0.1, 0.15) is 5.82 Å². The van der Waals surface area contributed by atoms with Crippen molar-refractivity contribution in [1.29, 1.82) is 0 Å². The van der Waals surface area contributed by atoms with Crippen molar-refractivity contribution in [3.05, 3.63) is 52.2 Å². The minimum absolute atomic E-state index is 0.0180. The molecule has 2 heterocycles. The van der Waals surface area contributed by atoms with Crippen LogP contribution in [0.5, 0.6) is 0 Å². The molecule has 9 heteroatoms. The van der Waals surface area contributed by atoms with Crippen LogP contribution in [0.25, 0.3) is 5.95 Å². The van der Waals surface area contributed by atoms with Gasteiger partial charge in [0.2, 0.25) is 11.2 Å². The predicted octanol–water partition coefficient (Wildman–Crippen LogP) is 3.36. The molecule has 0 saturated carbocycles. The van der Waals surface area contributed by atoms with E-state index in [9.17, 15) is 4.39 Å². The van der Waals surface area contributed by atoms with Gasteiger partial charge in [-0.25, -0.2) is 9.07 Å². The van der Waals surface area contributed by atoms with E-state index in [-0.39, 0.29) is 22.9 Å². The Morgan fingerprint density at radius 1 is 1.24 bits per heavy atom. The van der Waals surface area contributed by atoms with Crippen molar-refractivity contribution >= 4 is 39.2 Å². The van der Waals surface area contributed by atoms with Gasteiger partial charge in [0.15, 0.2) is 0 Å². The average molecular weight is 370 g/mol. The summed E-state index contributed by atoms with van der Waals surface area (Å²) in [5.74, 6) is -0.0803. The molecule has 0 saturated heterocycles. The number of rotatable bonds is 3. The molecular formula is C12H7BrClFN6. The van der Waals surface area contributed by atoms with Crippen LogP contribution >= 0.6 is 27.5 Å². The normalized spacial score (nSPS) is 10.6. The van der Waals surface area contributed by atoms with Crippen LogP contribution in [0.4, 0.5) is 16.0 Å². The number of aromatic nitrogens is 5. The second-order valence-electron chi connectivity index (χ2n) is 3.93. The molecule has 106 valence electrons. The molecule has 1 N–H and O–H groups in total. The SMILES string of the molecule is Fc1cc(Br)ccc1Nc1nc(Cl)nc(-n2cccn2)n1. The van der Waals surface area contributed by atoms with Gasteiger partial charge in [0, 0.05) is 16.9 Å². The summed E-state index contributed by atoms with van der Waals surface area (Å²) < 4.78 is 15.9. The molecule has 6 nitrogen and oxygen atoms in total. The highest BCUT2D eigenvalue weighted by molar-refractivity contribution is 9.10. The third-order valence-electron chi connectivity index (χ3n) is 2.48. The Hall–Kier alpha value is -2.06. The van der Waals surface area contributed by atoms with Crippen LogP contribution in [0.3, 0.4) is 0 Å². The zero-order valence-electron chi connectivity index (χ0n) is 10.3. The van der Waals surface area contributed by atoms with E-state index in [4.69, 9.17) is 11.6 Å². The second-order valence-corrected chi connectivity index (χ2v) is 5.18. The fourth-order valence-corrected chi connectivity index (χ4v) is 2.09. The lowest BCUT2D eigenvalue weighted by molar-refractivity contribution is 0.630. The van der Waals surface area contributed by atoms with E-state index in [1.165, 1.54) is 10.7 Å². The van der Waals surface area contributed by atoms with Crippen molar-refractivity contribution in [3.8, 4) is 5.95 Å². The fourth-order valence-electron chi connectivity index (χ4n) is 1.60. The van der Waals surface area contributed by atoms with Crippen molar-refractivity contribution in [2.45, 2.75) is 0 Å². The largest absolute Gasteiger partial charge is 0.321 e. The lowest BCUT2D eigenvalue weighted by atomic mass is 10.3. The van der Waals surface area contributed by atoms with Crippen molar-refractivity contribution in [2.24, 2.45) is 0 Å². The number of benzene rings is 1. The third-order valence-corrected chi connectivity index (χ3v) is 3.15. The Morgan fingerprint density at radius 2 is 2.10 bits per heavy atom. The molecule has 0 fully saturated rings. The summed E-state index contributed by atoms with van der Waals surface area (Å²) in [5, 5.41) is 6.74. The summed E-state index contributed by atoms with van der Waals surface area (Å²) in [4.78, 5) is 12.0. The van der Waals surface area contributed by atoms with Gasteiger partial charge in [-0.05, 0) is 35.9 Å². The molecule has 3 rings (SSSR count). The molecule has 2 aromatic heterocycles. The van der Waals surface area contributed by atoms with Crippen molar-refractivity contribution in [1.82, 2.24) is 24.7 Å². The highest BCUT2D eigenvalue weighted by atomic mass is 79.9. The van der Waals surface area contributed by atoms with Crippen molar-refractivity contribution in [2.75, 3.05) is 5.32 Å². The highest BCUT2D eigenvalue weighted by Crippen LogP contribution is 2.22. The van der Waals surface area contributed by atoms with E-state index < -0.39 is 5.82 Å². The Labute approximate surface area is 132 Å². The summed E-state index contributed by atoms with van der Waals surface area (Å²) in [7, 11) is 0. The number of nitrogens with one attached hydrogen (secondary N) is 1. The summed E-state index contributed by atoms with van der Waals surface area (Å²) in [6.07, 6.45) is 3.24. The van der Waals surface area contributed by atoms with E-state index in [0.29, 0.717) is 4.47 Å². The fraction of sp³-hybridized carbons (Fsp3) is 0. The van der Waals surface area contributed by atoms with E-state index in [0.717, 1.165) is 0 Å². The quantitative estimate of drug-likeness (QED) is 0.767. The van der Waals surface area contributed by atoms with Gasteiger partial charge in [0.05, 0.1) is 5.69 Å². The van der Waals surface area contributed by atoms with Crippen LogP contribution in [0, 0.1) is 5.82 Å². The van der Waals surface area contributed by atoms with Crippen LogP contribution in [0.2, 0.25) is 5.28 Å². The highest BCUT2D eigenvalue weighted by Gasteiger charge is 2.09. The van der Waals surface area contributed by atoms with Gasteiger partial charge in [-0.1, -0.05) is 15.9 Å². The van der Waals surface area contributed by atoms with Gasteiger partial charge < -0.3 is 5.32 Å². The maximum absolute atomic E-state index is 13.8. The van der Waals surface area contributed by atoms with E-state index in [1.54, 1.807) is 30.6 Å². The van der Waals surface area contributed by atoms with Crippen LogP contribution in [0.1, 0.15) is 0 Å². The Bertz CT molecular complexity index is 779. The molecule has 21 heavy (non-hydrogen) atoms. The molecule has 0 radical (unpaired) electrons. The summed E-state index contributed by atoms with van der Waals surface area (Å²) in [6, 6.07) is 6.31. The van der Waals surface area contributed by atoms with E-state index >= 15 is 0 Å². The molecule has 0 atom stereocenters. The zero-order chi connectivity index (χ0) is 14.8. The first-order valence-electron chi connectivity index (χ1n) is 5.75. The number of nitrogens with zero attached hydrogens (tertiary/aromatic N) is 5. The second kappa shape index (κ2) is 5.74. The van der Waals surface area contributed by atoms with Gasteiger partial charge in [-0.15, -0.1) is 0 Å². The lowest BCUT2D eigenvalue weighted by Gasteiger charge is -2.07. The zero-order valence-corrected chi connectivity index (χ0v) is 12.7. The standard InChI is InChI=1S/C12H7BrClFN6/c13-7-2-3-9(8(15)6-7)17-11-18-10(14)19-12(20-11)21-5-1-4-16-21/h1-6H,(H,17,18,19,20). The average Bonchev–Trinajstić information content (AvgIpc) is 2.95. The van der Waals surface area contributed by atoms with Crippen molar-refractivity contribution < 1.29 is 4.39 Å². The molecule has 0 bridgehead atoms. The topological polar surface area (TPSA) is 68.5 Å². The monoisotopic (exact) mass is 368 g/mol. The maximum atomic E-state index is 13.8. The summed E-state index contributed by atoms with van der Waals surface area (Å²) in [6.45, 7) is 0. The maximum Gasteiger partial charge on any atom is 0.256 e. The summed E-state index contributed by atoms with van der Waals surface area (Å²) in [5.41, 5.74) is 0.229. The minimum atomic E-state index is -0.443. The molecule has 0 unspecified atom stereocenters. The predicted molar refractivity (Wildman–Crippen MR) is 79.3 cm³/mol. The third kappa shape index (κ3) is 3.17. The van der Waals surface area contributed by atoms with Crippen LogP contribution < -0.4 is 5.32 Å². The van der Waals surface area contributed by atoms with E-state index in [2.05, 4.69) is 41.3 Å². The number of halogens is 3. The first-order chi connectivity index (χ1) is 10.1. The van der Waals surface area contributed by atoms with Crippen LogP contribution in [-0.2, 0) is 0 Å². The number of hydrogen-bond acceptors (Lipinski definition) is 5. The van der Waals surface area contributed by atoms with Crippen LogP contribution in [-0.4, -0.2) is 24.7 Å². The number of hydrogen-bond donors (Lipinski definition) is 1. The van der Waals surface area contributed by atoms with E-state index in [1.807, 2.05) is 0 Å². The first kappa shape index (κ1) is 13.9.